The number of hydrogen-bond acceptors (Lipinski definition) is 2. The highest BCUT2D eigenvalue weighted by Gasteiger charge is 2.06. The minimum absolute atomic E-state index is 0.0411. The lowest BCUT2D eigenvalue weighted by Gasteiger charge is -2.03. The fraction of sp³-hybridized carbons (Fsp3) is 0.429. The van der Waals surface area contributed by atoms with E-state index in [9.17, 15) is 9.18 Å². The van der Waals surface area contributed by atoms with Gasteiger partial charge >= 0.3 is 5.69 Å². The summed E-state index contributed by atoms with van der Waals surface area (Å²) < 4.78 is 12.8. The molecule has 1 heterocycles. The predicted molar refractivity (Wildman–Crippen MR) is 38.9 cm³/mol. The first-order valence-corrected chi connectivity index (χ1v) is 3.36. The number of hydrogen-bond donors (Lipinski definition) is 1. The lowest BCUT2D eigenvalue weighted by molar-refractivity contribution is 0.545. The standard InChI is InChI=1S/C7H9FN2O/c1-4(2)5-3-9-7(11)10-6(5)8/h3-4H,1-2H3,(H,9,10,11). The lowest BCUT2D eigenvalue weighted by Crippen LogP contribution is -2.13. The van der Waals surface area contributed by atoms with Gasteiger partial charge in [0.05, 0.1) is 0 Å². The minimum atomic E-state index is -0.646. The monoisotopic (exact) mass is 156 g/mol. The highest BCUT2D eigenvalue weighted by Crippen LogP contribution is 2.12. The fourth-order valence-corrected chi connectivity index (χ4v) is 0.786. The van der Waals surface area contributed by atoms with Gasteiger partial charge in [0.15, 0.2) is 5.95 Å². The topological polar surface area (TPSA) is 45.8 Å². The zero-order valence-corrected chi connectivity index (χ0v) is 6.39. The number of aromatic amines is 1. The number of halogens is 1. The summed E-state index contributed by atoms with van der Waals surface area (Å²) in [6.45, 7) is 3.66. The highest BCUT2D eigenvalue weighted by atomic mass is 19.1. The Kier molecular flexibility index (Phi) is 2.03. The average molecular weight is 156 g/mol. The molecule has 0 radical (unpaired) electrons. The second-order valence-corrected chi connectivity index (χ2v) is 2.61. The molecule has 1 N–H and O–H groups in total. The van der Waals surface area contributed by atoms with Crippen LogP contribution in [0.2, 0.25) is 0 Å². The van der Waals surface area contributed by atoms with Crippen LogP contribution in [0.25, 0.3) is 0 Å². The molecule has 0 spiro atoms. The average Bonchev–Trinajstić information content (AvgIpc) is 1.85. The summed E-state index contributed by atoms with van der Waals surface area (Å²) in [6, 6.07) is 0. The maximum absolute atomic E-state index is 12.8. The van der Waals surface area contributed by atoms with E-state index in [0.717, 1.165) is 0 Å². The van der Waals surface area contributed by atoms with Crippen LogP contribution in [0.15, 0.2) is 11.0 Å². The third-order valence-corrected chi connectivity index (χ3v) is 1.41. The van der Waals surface area contributed by atoms with Gasteiger partial charge in [-0.25, -0.2) is 9.78 Å². The molecule has 0 aliphatic heterocycles. The van der Waals surface area contributed by atoms with Crippen LogP contribution in [0.3, 0.4) is 0 Å². The van der Waals surface area contributed by atoms with Gasteiger partial charge in [0.25, 0.3) is 0 Å². The quantitative estimate of drug-likeness (QED) is 0.617. The molecule has 0 unspecified atom stereocenters. The smallest absolute Gasteiger partial charge is 0.282 e. The summed E-state index contributed by atoms with van der Waals surface area (Å²) in [4.78, 5) is 15.9. The lowest BCUT2D eigenvalue weighted by atomic mass is 10.1. The molecule has 4 heteroatoms. The van der Waals surface area contributed by atoms with Crippen molar-refractivity contribution in [3.05, 3.63) is 28.2 Å². The van der Waals surface area contributed by atoms with Gasteiger partial charge in [0.1, 0.15) is 0 Å². The minimum Gasteiger partial charge on any atom is -0.282 e. The summed E-state index contributed by atoms with van der Waals surface area (Å²) in [5.74, 6) is -0.542. The Morgan fingerprint density at radius 1 is 1.64 bits per heavy atom. The van der Waals surface area contributed by atoms with Gasteiger partial charge in [-0.05, 0) is 5.92 Å². The molecular formula is C7H9FN2O. The highest BCUT2D eigenvalue weighted by molar-refractivity contribution is 5.09. The van der Waals surface area contributed by atoms with E-state index in [-0.39, 0.29) is 5.92 Å². The van der Waals surface area contributed by atoms with Crippen molar-refractivity contribution >= 4 is 0 Å². The van der Waals surface area contributed by atoms with Gasteiger partial charge in [0.2, 0.25) is 0 Å². The van der Waals surface area contributed by atoms with Crippen molar-refractivity contribution in [2.24, 2.45) is 0 Å². The SMILES string of the molecule is CC(C)c1cnc(=O)[nH]c1F. The Balaban J connectivity index is 3.20. The molecule has 60 valence electrons. The maximum Gasteiger partial charge on any atom is 0.347 e. The van der Waals surface area contributed by atoms with Crippen molar-refractivity contribution in [1.29, 1.82) is 0 Å². The molecule has 1 aromatic rings. The van der Waals surface area contributed by atoms with Gasteiger partial charge < -0.3 is 0 Å². The van der Waals surface area contributed by atoms with E-state index in [1.807, 2.05) is 18.8 Å². The fourth-order valence-electron chi connectivity index (χ4n) is 0.786. The molecule has 0 amide bonds. The zero-order chi connectivity index (χ0) is 8.43. The van der Waals surface area contributed by atoms with Gasteiger partial charge in [-0.1, -0.05) is 13.8 Å². The van der Waals surface area contributed by atoms with Crippen LogP contribution in [0, 0.1) is 5.95 Å². The third-order valence-electron chi connectivity index (χ3n) is 1.41. The largest absolute Gasteiger partial charge is 0.347 e. The predicted octanol–water partition coefficient (Wildman–Crippen LogP) is 1.03. The van der Waals surface area contributed by atoms with Gasteiger partial charge in [-0.3, -0.25) is 4.98 Å². The number of aromatic nitrogens is 2. The van der Waals surface area contributed by atoms with Crippen molar-refractivity contribution in [2.45, 2.75) is 19.8 Å². The van der Waals surface area contributed by atoms with Crippen molar-refractivity contribution in [3.63, 3.8) is 0 Å². The van der Waals surface area contributed by atoms with Crippen molar-refractivity contribution in [1.82, 2.24) is 9.97 Å². The number of rotatable bonds is 1. The van der Waals surface area contributed by atoms with Gasteiger partial charge in [0, 0.05) is 11.8 Å². The molecule has 11 heavy (non-hydrogen) atoms. The molecule has 1 rings (SSSR count). The number of H-pyrrole nitrogens is 1. The van der Waals surface area contributed by atoms with E-state index in [1.54, 1.807) is 0 Å². The van der Waals surface area contributed by atoms with Crippen LogP contribution in [0.5, 0.6) is 0 Å². The summed E-state index contributed by atoms with van der Waals surface area (Å²) in [6.07, 6.45) is 1.26. The zero-order valence-electron chi connectivity index (χ0n) is 6.39. The van der Waals surface area contributed by atoms with E-state index in [4.69, 9.17) is 0 Å². The molecule has 0 bridgehead atoms. The molecule has 0 aliphatic rings. The van der Waals surface area contributed by atoms with Crippen LogP contribution < -0.4 is 5.69 Å². The van der Waals surface area contributed by atoms with E-state index >= 15 is 0 Å². The summed E-state index contributed by atoms with van der Waals surface area (Å²) in [5.41, 5.74) is -0.212. The molecular weight excluding hydrogens is 147 g/mol. The Hall–Kier alpha value is -1.19. The Labute approximate surface area is 63.3 Å². The Bertz CT molecular complexity index is 306. The Morgan fingerprint density at radius 2 is 2.27 bits per heavy atom. The first-order valence-electron chi connectivity index (χ1n) is 3.36. The molecule has 0 saturated heterocycles. The van der Waals surface area contributed by atoms with Crippen LogP contribution in [0.1, 0.15) is 25.3 Å². The van der Waals surface area contributed by atoms with Gasteiger partial charge in [-0.2, -0.15) is 4.39 Å². The van der Waals surface area contributed by atoms with E-state index < -0.39 is 11.6 Å². The molecule has 0 fully saturated rings. The van der Waals surface area contributed by atoms with Crippen LogP contribution in [0.4, 0.5) is 4.39 Å². The van der Waals surface area contributed by atoms with Crippen molar-refractivity contribution < 1.29 is 4.39 Å². The first-order chi connectivity index (χ1) is 5.11. The van der Waals surface area contributed by atoms with Gasteiger partial charge in [-0.15, -0.1) is 0 Å². The summed E-state index contributed by atoms with van der Waals surface area (Å²) in [7, 11) is 0. The molecule has 3 nitrogen and oxygen atoms in total. The second-order valence-electron chi connectivity index (χ2n) is 2.61. The Morgan fingerprint density at radius 3 is 2.73 bits per heavy atom. The van der Waals surface area contributed by atoms with Crippen LogP contribution >= 0.6 is 0 Å². The summed E-state index contributed by atoms with van der Waals surface area (Å²) in [5, 5.41) is 0. The number of nitrogens with zero attached hydrogens (tertiary/aromatic N) is 1. The van der Waals surface area contributed by atoms with E-state index in [2.05, 4.69) is 4.98 Å². The number of nitrogens with one attached hydrogen (secondary N) is 1. The van der Waals surface area contributed by atoms with Crippen LogP contribution in [-0.2, 0) is 0 Å². The molecule has 0 saturated carbocycles. The summed E-state index contributed by atoms with van der Waals surface area (Å²) >= 11 is 0. The molecule has 0 aliphatic carbocycles. The first kappa shape index (κ1) is 7.91. The third kappa shape index (κ3) is 1.63. The normalized spacial score (nSPS) is 10.5. The molecule has 1 aromatic heterocycles. The van der Waals surface area contributed by atoms with Crippen LogP contribution in [-0.4, -0.2) is 9.97 Å². The maximum atomic E-state index is 12.8. The molecule has 0 aromatic carbocycles. The molecule has 0 atom stereocenters. The van der Waals surface area contributed by atoms with Crippen molar-refractivity contribution in [2.75, 3.05) is 0 Å². The van der Waals surface area contributed by atoms with E-state index in [1.165, 1.54) is 6.20 Å². The van der Waals surface area contributed by atoms with E-state index in [0.29, 0.717) is 5.56 Å². The second kappa shape index (κ2) is 2.82. The van der Waals surface area contributed by atoms with Crippen molar-refractivity contribution in [3.8, 4) is 0 Å².